The molecule has 2 aliphatic rings. The molecule has 2 heterocycles. The van der Waals surface area contributed by atoms with Crippen molar-refractivity contribution in [2.24, 2.45) is 5.92 Å². The van der Waals surface area contributed by atoms with Gasteiger partial charge in [0.15, 0.2) is 0 Å². The van der Waals surface area contributed by atoms with Crippen LogP contribution in [0.1, 0.15) is 56.5 Å². The summed E-state index contributed by atoms with van der Waals surface area (Å²) in [6, 6.07) is 11.1. The third-order valence-corrected chi connectivity index (χ3v) is 11.5. The van der Waals surface area contributed by atoms with Gasteiger partial charge in [0.25, 0.3) is 5.91 Å². The molecule has 2 fully saturated rings. The first-order chi connectivity index (χ1) is 22.5. The van der Waals surface area contributed by atoms with Crippen LogP contribution in [0, 0.1) is 5.92 Å². The molecule has 0 radical (unpaired) electrons. The van der Waals surface area contributed by atoms with E-state index in [1.807, 2.05) is 20.8 Å². The Kier molecular flexibility index (Phi) is 12.2. The van der Waals surface area contributed by atoms with Gasteiger partial charge in [0.05, 0.1) is 22.4 Å². The highest BCUT2D eigenvalue weighted by Crippen LogP contribution is 2.27. The lowest BCUT2D eigenvalue weighted by atomic mass is 9.98. The fourth-order valence-corrected chi connectivity index (χ4v) is 7.62. The molecule has 2 aliphatic heterocycles. The van der Waals surface area contributed by atoms with Crippen LogP contribution >= 0.6 is 0 Å². The van der Waals surface area contributed by atoms with Crippen molar-refractivity contribution >= 4 is 43.4 Å². The monoisotopic (exact) mass is 706 g/mol. The van der Waals surface area contributed by atoms with Crippen LogP contribution in [0.3, 0.4) is 0 Å². The number of sulfonamides is 2. The summed E-state index contributed by atoms with van der Waals surface area (Å²) < 4.78 is 59.3. The summed E-state index contributed by atoms with van der Waals surface area (Å²) in [7, 11) is -5.95. The lowest BCUT2D eigenvalue weighted by Crippen LogP contribution is -2.51. The fourth-order valence-electron chi connectivity index (χ4n) is 5.68. The number of anilines is 2. The standard InChI is InChI=1S/C33H50N6O7S2/c1-7-8-15-37-16-18-39(19-17-37)48(44,45)28-12-10-27(11-13-28)35-31(40)29-20-25(9-14-30(29)36(5)47(6,42)43)22-38-23-26(24-38)21-34-32(41)46-33(2,3)4/h9-14,20,26H,7-8,15-19,21-24H2,1-6H3,(H,34,41)(H,35,40). The highest BCUT2D eigenvalue weighted by atomic mass is 32.2. The van der Waals surface area contributed by atoms with E-state index in [-0.39, 0.29) is 22.1 Å². The molecular weight excluding hydrogens is 657 g/mol. The zero-order valence-corrected chi connectivity index (χ0v) is 30.5. The molecule has 0 bridgehead atoms. The van der Waals surface area contributed by atoms with Crippen molar-refractivity contribution in [3.63, 3.8) is 0 Å². The third-order valence-electron chi connectivity index (χ3n) is 8.42. The van der Waals surface area contributed by atoms with Crippen LogP contribution in [-0.4, -0.2) is 114 Å². The van der Waals surface area contributed by atoms with Gasteiger partial charge < -0.3 is 20.3 Å². The van der Waals surface area contributed by atoms with Crippen LogP contribution in [0.25, 0.3) is 0 Å². The van der Waals surface area contributed by atoms with E-state index in [0.717, 1.165) is 48.6 Å². The number of ether oxygens (including phenoxy) is 1. The number of amides is 2. The highest BCUT2D eigenvalue weighted by molar-refractivity contribution is 7.92. The summed E-state index contributed by atoms with van der Waals surface area (Å²) in [5, 5.41) is 5.61. The summed E-state index contributed by atoms with van der Waals surface area (Å²) in [6.07, 6.45) is 2.80. The fraction of sp³-hybridized carbons (Fsp3) is 0.576. The van der Waals surface area contributed by atoms with Gasteiger partial charge in [-0.1, -0.05) is 19.4 Å². The maximum absolute atomic E-state index is 13.6. The minimum Gasteiger partial charge on any atom is -0.444 e. The van der Waals surface area contributed by atoms with Gasteiger partial charge in [0, 0.05) is 71.0 Å². The van der Waals surface area contributed by atoms with Crippen LogP contribution in [0.4, 0.5) is 16.2 Å². The molecule has 15 heteroatoms. The van der Waals surface area contributed by atoms with E-state index < -0.39 is 37.6 Å². The molecule has 2 saturated heterocycles. The maximum Gasteiger partial charge on any atom is 0.407 e. The Bertz CT molecular complexity index is 1650. The van der Waals surface area contributed by atoms with E-state index in [1.165, 1.54) is 35.6 Å². The number of likely N-dealkylation sites (tertiary alicyclic amines) is 1. The molecule has 2 aromatic rings. The molecule has 13 nitrogen and oxygen atoms in total. The Labute approximate surface area is 285 Å². The van der Waals surface area contributed by atoms with E-state index >= 15 is 0 Å². The van der Waals surface area contributed by atoms with Crippen LogP contribution < -0.4 is 14.9 Å². The second-order valence-electron chi connectivity index (χ2n) is 13.6. The van der Waals surface area contributed by atoms with Crippen molar-refractivity contribution in [2.75, 3.05) is 75.3 Å². The number of nitrogens with one attached hydrogen (secondary N) is 2. The summed E-state index contributed by atoms with van der Waals surface area (Å²) in [4.78, 5) is 30.2. The van der Waals surface area contributed by atoms with E-state index in [9.17, 15) is 26.4 Å². The number of nitrogens with zero attached hydrogens (tertiary/aromatic N) is 4. The molecule has 0 aromatic heterocycles. The maximum atomic E-state index is 13.6. The molecule has 0 atom stereocenters. The van der Waals surface area contributed by atoms with Crippen molar-refractivity contribution in [3.8, 4) is 0 Å². The largest absolute Gasteiger partial charge is 0.444 e. The van der Waals surface area contributed by atoms with Gasteiger partial charge in [-0.15, -0.1) is 0 Å². The molecule has 0 saturated carbocycles. The Hall–Kier alpha value is -3.24. The number of carbonyl (C=O) groups is 2. The van der Waals surface area contributed by atoms with Gasteiger partial charge in [-0.25, -0.2) is 21.6 Å². The normalized spacial score (nSPS) is 17.0. The SMILES string of the molecule is CCCCN1CCN(S(=O)(=O)c2ccc(NC(=O)c3cc(CN4CC(CNC(=O)OC(C)(C)C)C4)ccc3N(C)S(C)(=O)=O)cc2)CC1. The zero-order chi connectivity index (χ0) is 35.3. The smallest absolute Gasteiger partial charge is 0.407 e. The molecular formula is C33H50N6O7S2. The van der Waals surface area contributed by atoms with E-state index in [0.29, 0.717) is 45.0 Å². The van der Waals surface area contributed by atoms with Crippen LogP contribution in [0.2, 0.25) is 0 Å². The number of piperazine rings is 1. The molecule has 48 heavy (non-hydrogen) atoms. The second kappa shape index (κ2) is 15.5. The summed E-state index contributed by atoms with van der Waals surface area (Å²) >= 11 is 0. The Balaban J connectivity index is 1.41. The average Bonchev–Trinajstić information content (AvgIpc) is 2.99. The van der Waals surface area contributed by atoms with Crippen molar-refractivity contribution in [2.45, 2.75) is 57.6 Å². The number of alkyl carbamates (subject to hydrolysis) is 1. The summed E-state index contributed by atoms with van der Waals surface area (Å²) in [6.45, 7) is 13.3. The minimum atomic E-state index is -3.68. The predicted molar refractivity (Wildman–Crippen MR) is 187 cm³/mol. The topological polar surface area (TPSA) is 149 Å². The first-order valence-electron chi connectivity index (χ1n) is 16.4. The number of benzene rings is 2. The van der Waals surface area contributed by atoms with Crippen molar-refractivity contribution in [1.82, 2.24) is 19.4 Å². The first kappa shape index (κ1) is 37.6. The Morgan fingerprint density at radius 2 is 1.60 bits per heavy atom. The lowest BCUT2D eigenvalue weighted by molar-refractivity contribution is 0.0456. The molecule has 2 N–H and O–H groups in total. The third kappa shape index (κ3) is 10.1. The van der Waals surface area contributed by atoms with E-state index in [1.54, 1.807) is 18.2 Å². The quantitative estimate of drug-likeness (QED) is 0.320. The molecule has 266 valence electrons. The van der Waals surface area contributed by atoms with Crippen LogP contribution in [0.15, 0.2) is 47.4 Å². The molecule has 0 unspecified atom stereocenters. The van der Waals surface area contributed by atoms with Gasteiger partial charge in [-0.2, -0.15) is 4.31 Å². The highest BCUT2D eigenvalue weighted by Gasteiger charge is 2.30. The first-order valence-corrected chi connectivity index (χ1v) is 19.6. The van der Waals surface area contributed by atoms with Crippen molar-refractivity contribution in [1.29, 1.82) is 0 Å². The lowest BCUT2D eigenvalue weighted by Gasteiger charge is -2.39. The number of rotatable bonds is 13. The minimum absolute atomic E-state index is 0.149. The van der Waals surface area contributed by atoms with Gasteiger partial charge in [0.2, 0.25) is 20.0 Å². The van der Waals surface area contributed by atoms with Crippen molar-refractivity contribution < 1.29 is 31.2 Å². The number of carbonyl (C=O) groups excluding carboxylic acids is 2. The molecule has 0 aliphatic carbocycles. The summed E-state index contributed by atoms with van der Waals surface area (Å²) in [5.74, 6) is -0.262. The second-order valence-corrected chi connectivity index (χ2v) is 17.6. The Morgan fingerprint density at radius 3 is 2.19 bits per heavy atom. The molecule has 2 aromatic carbocycles. The van der Waals surface area contributed by atoms with Gasteiger partial charge in [-0.05, 0) is 75.7 Å². The van der Waals surface area contributed by atoms with Gasteiger partial charge in [0.1, 0.15) is 5.60 Å². The average molecular weight is 707 g/mol. The molecule has 4 rings (SSSR count). The number of unbranched alkanes of at least 4 members (excludes halogenated alkanes) is 1. The number of hydrogen-bond donors (Lipinski definition) is 2. The molecule has 2 amide bonds. The predicted octanol–water partition coefficient (Wildman–Crippen LogP) is 3.40. The van der Waals surface area contributed by atoms with Crippen molar-refractivity contribution in [3.05, 3.63) is 53.6 Å². The molecule has 0 spiro atoms. The number of hydrogen-bond acceptors (Lipinski definition) is 9. The summed E-state index contributed by atoms with van der Waals surface area (Å²) in [5.41, 5.74) is 1.02. The zero-order valence-electron chi connectivity index (χ0n) is 28.9. The van der Waals surface area contributed by atoms with Gasteiger partial charge >= 0.3 is 6.09 Å². The van der Waals surface area contributed by atoms with Crippen LogP contribution in [0.5, 0.6) is 0 Å². The van der Waals surface area contributed by atoms with E-state index in [4.69, 9.17) is 4.74 Å². The Morgan fingerprint density at radius 1 is 0.958 bits per heavy atom. The van der Waals surface area contributed by atoms with E-state index in [2.05, 4.69) is 27.4 Å². The van der Waals surface area contributed by atoms with Gasteiger partial charge in [-0.3, -0.25) is 14.0 Å². The van der Waals surface area contributed by atoms with Crippen LogP contribution in [-0.2, 0) is 31.3 Å².